The second-order valence-corrected chi connectivity index (χ2v) is 10.6. The van der Waals surface area contributed by atoms with Crippen molar-refractivity contribution >= 4 is 25.2 Å². The van der Waals surface area contributed by atoms with Gasteiger partial charge in [-0.15, -0.1) is 0 Å². The molecule has 0 aromatic heterocycles. The molecule has 16 heteroatoms. The van der Waals surface area contributed by atoms with E-state index < -0.39 is 7.60 Å². The van der Waals surface area contributed by atoms with Crippen LogP contribution in [0.3, 0.4) is 0 Å². The lowest BCUT2D eigenvalue weighted by molar-refractivity contribution is -0.435. The van der Waals surface area contributed by atoms with Gasteiger partial charge in [-0.05, 0) is 12.8 Å². The molecule has 2 heterocycles. The summed E-state index contributed by atoms with van der Waals surface area (Å²) in [5, 5.41) is 27.8. The zero-order valence-corrected chi connectivity index (χ0v) is 19.7. The Bertz CT molecular complexity index is 521. The lowest BCUT2D eigenvalue weighted by Crippen LogP contribution is -2.54. The normalized spacial score (nSPS) is 27.1. The summed E-state index contributed by atoms with van der Waals surface area (Å²) in [4.78, 5) is 25.1. The molecule has 0 amide bonds. The van der Waals surface area contributed by atoms with Crippen molar-refractivity contribution in [2.75, 3.05) is 58.1 Å². The number of fused-ring (bicyclic) bond motifs is 2. The highest BCUT2D eigenvalue weighted by Crippen LogP contribution is 2.35. The average Bonchev–Trinajstić information content (AvgIpc) is 2.68. The van der Waals surface area contributed by atoms with E-state index in [0.29, 0.717) is 38.8 Å². The van der Waals surface area contributed by atoms with Gasteiger partial charge in [-0.3, -0.25) is 19.3 Å². The van der Waals surface area contributed by atoms with Gasteiger partial charge in [0.05, 0.1) is 17.6 Å². The fourth-order valence-electron chi connectivity index (χ4n) is 3.86. The predicted molar refractivity (Wildman–Crippen MR) is 112 cm³/mol. The van der Waals surface area contributed by atoms with Crippen LogP contribution in [-0.4, -0.2) is 105 Å². The van der Waals surface area contributed by atoms with Gasteiger partial charge in [0.1, 0.15) is 6.29 Å². The summed E-state index contributed by atoms with van der Waals surface area (Å²) in [5.41, 5.74) is 0. The summed E-state index contributed by atoms with van der Waals surface area (Å²) in [6.07, 6.45) is 3.91. The first kappa shape index (κ1) is 26.9. The van der Waals surface area contributed by atoms with Gasteiger partial charge >= 0.3 is 7.60 Å². The third kappa shape index (κ3) is 11.5. The van der Waals surface area contributed by atoms with E-state index in [1.165, 1.54) is 0 Å². The van der Waals surface area contributed by atoms with E-state index in [1.54, 1.807) is 0 Å². The molecule has 0 aliphatic carbocycles. The summed E-state index contributed by atoms with van der Waals surface area (Å²) in [6.45, 7) is 3.87. The van der Waals surface area contributed by atoms with E-state index in [9.17, 15) is 14.4 Å². The molecule has 0 aromatic carbocycles. The molecule has 4 atom stereocenters. The number of rotatable bonds is 10. The van der Waals surface area contributed by atoms with Gasteiger partial charge in [0, 0.05) is 63.9 Å². The van der Waals surface area contributed by atoms with Crippen LogP contribution in [0.2, 0.25) is 0 Å². The van der Waals surface area contributed by atoms with E-state index in [1.807, 2.05) is 4.90 Å². The lowest BCUT2D eigenvalue weighted by atomic mass is 9.97. The molecule has 0 radical (unpaired) electrons. The molecule has 2 fully saturated rings. The Morgan fingerprint density at radius 2 is 1.37 bits per heavy atom. The van der Waals surface area contributed by atoms with Crippen LogP contribution in [0, 0.1) is 0 Å². The van der Waals surface area contributed by atoms with E-state index in [-0.39, 0.29) is 36.0 Å². The quantitative estimate of drug-likeness (QED) is 0.124. The van der Waals surface area contributed by atoms with Crippen molar-refractivity contribution in [2.24, 2.45) is 0 Å². The third-order valence-corrected chi connectivity index (χ3v) is 7.46. The van der Waals surface area contributed by atoms with Crippen LogP contribution in [0.1, 0.15) is 19.3 Å². The molecule has 2 aliphatic rings. The summed E-state index contributed by atoms with van der Waals surface area (Å²) < 4.78 is 20.9. The van der Waals surface area contributed by atoms with Crippen LogP contribution in [-0.2, 0) is 24.0 Å². The van der Waals surface area contributed by atoms with Gasteiger partial charge in [-0.25, -0.2) is 10.5 Å². The maximum Gasteiger partial charge on any atom is 0.339 e. The minimum Gasteiger partial charge on any atom is -0.324 e. The number of piperidine rings is 1. The highest BCUT2D eigenvalue weighted by Gasteiger charge is 2.28. The average molecular weight is 494 g/mol. The predicted octanol–water partition coefficient (Wildman–Crippen LogP) is 0.496. The Kier molecular flexibility index (Phi) is 13.2. The van der Waals surface area contributed by atoms with Gasteiger partial charge in [0.25, 0.3) is 0 Å². The van der Waals surface area contributed by atoms with E-state index in [2.05, 4.69) is 34.5 Å². The Balaban J connectivity index is 2.06. The second-order valence-electron chi connectivity index (χ2n) is 7.49. The van der Waals surface area contributed by atoms with Gasteiger partial charge < -0.3 is 15.1 Å². The largest absolute Gasteiger partial charge is 0.339 e. The minimum absolute atomic E-state index is 0.0274. The number of nitrogens with zero attached hydrogens (tertiary/aromatic N) is 3. The SMILES string of the molecule is O=P(O)(O)CN1CCN(CPOOO)CCN(CPOOO)CC2CCCC(C1)N2. The highest BCUT2D eigenvalue weighted by molar-refractivity contribution is 7.51. The molecule has 13 nitrogen and oxygen atoms in total. The molecule has 0 saturated carbocycles. The van der Waals surface area contributed by atoms with Crippen LogP contribution < -0.4 is 5.32 Å². The molecule has 4 unspecified atom stereocenters. The number of hydrogen-bond donors (Lipinski definition) is 5. The van der Waals surface area contributed by atoms with Crippen molar-refractivity contribution in [1.82, 2.24) is 20.0 Å². The Morgan fingerprint density at radius 3 is 1.93 bits per heavy atom. The van der Waals surface area contributed by atoms with Crippen molar-refractivity contribution in [3.05, 3.63) is 0 Å². The van der Waals surface area contributed by atoms with Crippen molar-refractivity contribution in [3.8, 4) is 0 Å². The van der Waals surface area contributed by atoms with Crippen molar-refractivity contribution in [1.29, 1.82) is 0 Å². The standard InChI is InChI=1S/C14H33N4O9P3/c19-24-26-28-10-16-4-6-17(11-29-27-25-20)8-13-2-1-3-14(15-13)9-18(7-5-16)12-30(21,22)23/h13-15,19-20,28-29H,1-12H2,(H2,21,22,23). The molecule has 30 heavy (non-hydrogen) atoms. The molecule has 0 spiro atoms. The molecule has 178 valence electrons. The third-order valence-electron chi connectivity index (χ3n) is 5.15. The summed E-state index contributed by atoms with van der Waals surface area (Å²) in [6, 6.07) is 0.430. The summed E-state index contributed by atoms with van der Waals surface area (Å²) in [7, 11) is -4.29. The summed E-state index contributed by atoms with van der Waals surface area (Å²) >= 11 is 0. The van der Waals surface area contributed by atoms with Gasteiger partial charge in [0.2, 0.25) is 0 Å². The van der Waals surface area contributed by atoms with Gasteiger partial charge in [-0.2, -0.15) is 9.35 Å². The fourth-order valence-corrected chi connectivity index (χ4v) is 5.82. The molecular weight excluding hydrogens is 461 g/mol. The van der Waals surface area contributed by atoms with Crippen LogP contribution >= 0.6 is 25.2 Å². The zero-order valence-electron chi connectivity index (χ0n) is 16.8. The Hall–Kier alpha value is 0.610. The monoisotopic (exact) mass is 494 g/mol. The first-order valence-corrected chi connectivity index (χ1v) is 13.8. The maximum atomic E-state index is 11.6. The molecule has 2 rings (SSSR count). The smallest absolute Gasteiger partial charge is 0.324 e. The fraction of sp³-hybridized carbons (Fsp3) is 1.00. The molecule has 2 aliphatic heterocycles. The summed E-state index contributed by atoms with van der Waals surface area (Å²) in [5.74, 6) is 0. The van der Waals surface area contributed by atoms with Crippen LogP contribution in [0.4, 0.5) is 0 Å². The number of nitrogens with one attached hydrogen (secondary N) is 1. The van der Waals surface area contributed by atoms with E-state index in [4.69, 9.17) is 10.5 Å². The minimum atomic E-state index is -4.17. The number of hydrogen-bond acceptors (Lipinski definition) is 11. The first-order chi connectivity index (χ1) is 14.4. The van der Waals surface area contributed by atoms with E-state index in [0.717, 1.165) is 32.4 Å². The molecule has 0 aromatic rings. The topological polar surface area (TPSA) is 157 Å². The van der Waals surface area contributed by atoms with Crippen molar-refractivity contribution in [3.63, 3.8) is 0 Å². The zero-order chi connectivity index (χ0) is 21.8. The van der Waals surface area contributed by atoms with Gasteiger partial charge in [0.15, 0.2) is 0 Å². The second kappa shape index (κ2) is 14.7. The Labute approximate surface area is 179 Å². The lowest BCUT2D eigenvalue weighted by Gasteiger charge is -2.39. The highest BCUT2D eigenvalue weighted by atomic mass is 31.2. The van der Waals surface area contributed by atoms with Gasteiger partial charge in [-0.1, -0.05) is 16.5 Å². The van der Waals surface area contributed by atoms with E-state index >= 15 is 0 Å². The maximum absolute atomic E-state index is 11.6. The molecular formula is C14H33N4O9P3. The van der Waals surface area contributed by atoms with Crippen LogP contribution in [0.15, 0.2) is 0 Å². The van der Waals surface area contributed by atoms with Crippen LogP contribution in [0.5, 0.6) is 0 Å². The molecule has 2 bridgehead atoms. The molecule has 5 N–H and O–H groups in total. The van der Waals surface area contributed by atoms with Crippen molar-refractivity contribution < 1.29 is 44.3 Å². The molecule has 2 saturated heterocycles. The Morgan fingerprint density at radius 1 is 0.867 bits per heavy atom. The van der Waals surface area contributed by atoms with Crippen LogP contribution in [0.25, 0.3) is 0 Å². The first-order valence-electron chi connectivity index (χ1n) is 9.77. The van der Waals surface area contributed by atoms with Crippen molar-refractivity contribution in [2.45, 2.75) is 31.3 Å².